The minimum atomic E-state index is -0.810. The molecule has 10 nitrogen and oxygen atoms in total. The number of likely N-dealkylation sites (tertiary alicyclic amines) is 1. The van der Waals surface area contributed by atoms with E-state index < -0.39 is 23.5 Å². The summed E-state index contributed by atoms with van der Waals surface area (Å²) >= 11 is 0. The fraction of sp³-hybridized carbons (Fsp3) is 0.821. The summed E-state index contributed by atoms with van der Waals surface area (Å²) in [7, 11) is 0. The third-order valence-corrected chi connectivity index (χ3v) is 9.95. The average molecular weight is 527 g/mol. The molecule has 2 aliphatic carbocycles. The van der Waals surface area contributed by atoms with Gasteiger partial charge in [0.2, 0.25) is 23.6 Å². The molecule has 2 saturated carbocycles. The zero-order valence-corrected chi connectivity index (χ0v) is 23.2. The van der Waals surface area contributed by atoms with Gasteiger partial charge in [0.15, 0.2) is 0 Å². The number of hydrogen-bond donors (Lipinski definition) is 4. The van der Waals surface area contributed by atoms with Gasteiger partial charge in [0.05, 0.1) is 12.1 Å². The quantitative estimate of drug-likeness (QED) is 0.384. The van der Waals surface area contributed by atoms with Gasteiger partial charge < -0.3 is 26.2 Å². The molecular weight excluding hydrogens is 484 g/mol. The maximum atomic E-state index is 14.0. The van der Waals surface area contributed by atoms with Crippen LogP contribution < -0.4 is 21.3 Å². The minimum absolute atomic E-state index is 0.0110. The van der Waals surface area contributed by atoms with Crippen molar-refractivity contribution in [3.63, 3.8) is 0 Å². The molecule has 1 spiro atoms. The summed E-state index contributed by atoms with van der Waals surface area (Å²) in [4.78, 5) is 54.5. The van der Waals surface area contributed by atoms with Gasteiger partial charge in [-0.05, 0) is 60.2 Å². The Kier molecular flexibility index (Phi) is 6.53. The molecular formula is C28H42N6O4. The second-order valence-electron chi connectivity index (χ2n) is 14.0. The lowest BCUT2D eigenvalue weighted by atomic mass is 9.84. The highest BCUT2D eigenvalue weighted by atomic mass is 16.2. The molecule has 3 aliphatic heterocycles. The maximum absolute atomic E-state index is 14.0. The fourth-order valence-electron chi connectivity index (χ4n) is 7.09. The largest absolute Gasteiger partial charge is 0.356 e. The van der Waals surface area contributed by atoms with E-state index >= 15 is 0 Å². The molecule has 0 radical (unpaired) electrons. The number of nitrogens with zero attached hydrogens (tertiary/aromatic N) is 2. The summed E-state index contributed by atoms with van der Waals surface area (Å²) in [6, 6.07) is -0.469. The van der Waals surface area contributed by atoms with Gasteiger partial charge in [-0.3, -0.25) is 19.2 Å². The predicted molar refractivity (Wildman–Crippen MR) is 139 cm³/mol. The molecule has 5 aliphatic rings. The van der Waals surface area contributed by atoms with Crippen LogP contribution in [0.3, 0.4) is 0 Å². The third-order valence-electron chi connectivity index (χ3n) is 9.95. The summed E-state index contributed by atoms with van der Waals surface area (Å²) in [5, 5.41) is 21.7. The number of amides is 4. The van der Waals surface area contributed by atoms with Crippen molar-refractivity contribution in [2.45, 2.75) is 90.9 Å². The number of piperidine rings is 1. The zero-order valence-electron chi connectivity index (χ0n) is 23.2. The monoisotopic (exact) mass is 526 g/mol. The standard InChI is InChI=1S/C28H42N6O4/c1-26(2,3)21(33-23(36)18-11-28(7-8-28)14-31-18)25(38)34-13-17-19(27(17,4)5)20(34)24(37)32-16(12-29)10-15-6-9-30-22(15)35/h15-21,31H,6-11,13-14H2,1-5H3,(H,30,35)(H,32,37)(H,33,36)/t15-,16-,17-,18?,19-,20-,21+/m0/s1. The van der Waals surface area contributed by atoms with E-state index in [0.717, 1.165) is 25.8 Å². The summed E-state index contributed by atoms with van der Waals surface area (Å²) < 4.78 is 0. The Balaban J connectivity index is 1.30. The number of nitrogens with one attached hydrogen (secondary N) is 4. The first-order valence-corrected chi connectivity index (χ1v) is 14.1. The Morgan fingerprint density at radius 2 is 1.89 bits per heavy atom. The second kappa shape index (κ2) is 9.22. The van der Waals surface area contributed by atoms with Crippen LogP contribution in [0, 0.1) is 45.3 Å². The zero-order chi connectivity index (χ0) is 27.6. The van der Waals surface area contributed by atoms with Crippen LogP contribution in [-0.2, 0) is 19.2 Å². The number of carbonyl (C=O) groups is 4. The van der Waals surface area contributed by atoms with Gasteiger partial charge in [-0.1, -0.05) is 34.6 Å². The fourth-order valence-corrected chi connectivity index (χ4v) is 7.09. The molecule has 5 fully saturated rings. The van der Waals surface area contributed by atoms with Crippen molar-refractivity contribution >= 4 is 23.6 Å². The van der Waals surface area contributed by atoms with Crippen LogP contribution in [0.2, 0.25) is 0 Å². The van der Waals surface area contributed by atoms with Gasteiger partial charge in [-0.2, -0.15) is 5.26 Å². The molecule has 4 N–H and O–H groups in total. The van der Waals surface area contributed by atoms with Crippen LogP contribution >= 0.6 is 0 Å². The Labute approximate surface area is 225 Å². The van der Waals surface area contributed by atoms with Crippen molar-refractivity contribution in [3.05, 3.63) is 0 Å². The minimum Gasteiger partial charge on any atom is -0.356 e. The number of nitriles is 1. The average Bonchev–Trinajstić information content (AvgIpc) is 3.38. The topological polar surface area (TPSA) is 143 Å². The van der Waals surface area contributed by atoms with Crippen molar-refractivity contribution in [2.24, 2.45) is 34.0 Å². The number of carbonyl (C=O) groups excluding carboxylic acids is 4. The molecule has 0 bridgehead atoms. The van der Waals surface area contributed by atoms with E-state index in [1.54, 1.807) is 4.90 Å². The Bertz CT molecular complexity index is 1070. The van der Waals surface area contributed by atoms with Gasteiger partial charge in [0.1, 0.15) is 18.1 Å². The van der Waals surface area contributed by atoms with E-state index in [-0.39, 0.29) is 64.7 Å². The first-order valence-electron chi connectivity index (χ1n) is 14.1. The number of hydrogen-bond acceptors (Lipinski definition) is 6. The molecule has 0 aromatic heterocycles. The first kappa shape index (κ1) is 26.9. The molecule has 208 valence electrons. The smallest absolute Gasteiger partial charge is 0.246 e. The Hall–Kier alpha value is -2.67. The summed E-state index contributed by atoms with van der Waals surface area (Å²) in [5.74, 6) is -0.981. The van der Waals surface area contributed by atoms with Gasteiger partial charge in [0, 0.05) is 25.6 Å². The molecule has 7 atom stereocenters. The molecule has 38 heavy (non-hydrogen) atoms. The molecule has 0 aromatic rings. The third kappa shape index (κ3) is 4.78. The number of fused-ring (bicyclic) bond motifs is 1. The van der Waals surface area contributed by atoms with Crippen molar-refractivity contribution in [1.29, 1.82) is 5.26 Å². The number of rotatable bonds is 7. The van der Waals surface area contributed by atoms with E-state index in [1.807, 2.05) is 20.8 Å². The summed E-state index contributed by atoms with van der Waals surface area (Å²) in [5.41, 5.74) is -0.388. The lowest BCUT2D eigenvalue weighted by Gasteiger charge is -2.38. The van der Waals surface area contributed by atoms with Crippen LogP contribution in [0.4, 0.5) is 0 Å². The molecule has 4 amide bonds. The van der Waals surface area contributed by atoms with Gasteiger partial charge >= 0.3 is 0 Å². The van der Waals surface area contributed by atoms with Crippen LogP contribution in [0.1, 0.15) is 66.7 Å². The molecule has 10 heteroatoms. The molecule has 1 unspecified atom stereocenters. The van der Waals surface area contributed by atoms with Gasteiger partial charge in [-0.25, -0.2) is 0 Å². The van der Waals surface area contributed by atoms with E-state index in [0.29, 0.717) is 19.5 Å². The van der Waals surface area contributed by atoms with Crippen LogP contribution in [-0.4, -0.2) is 72.3 Å². The van der Waals surface area contributed by atoms with Crippen LogP contribution in [0.5, 0.6) is 0 Å². The molecule has 0 aromatic carbocycles. The normalized spacial score (nSPS) is 33.6. The predicted octanol–water partition coefficient (Wildman–Crippen LogP) is 0.677. The Morgan fingerprint density at radius 3 is 2.45 bits per heavy atom. The van der Waals surface area contributed by atoms with Crippen molar-refractivity contribution in [2.75, 3.05) is 19.6 Å². The van der Waals surface area contributed by atoms with E-state index in [1.165, 1.54) is 0 Å². The highest BCUT2D eigenvalue weighted by molar-refractivity contribution is 5.95. The summed E-state index contributed by atoms with van der Waals surface area (Å²) in [6.45, 7) is 11.9. The molecule has 3 saturated heterocycles. The maximum Gasteiger partial charge on any atom is 0.246 e. The first-order chi connectivity index (χ1) is 17.8. The summed E-state index contributed by atoms with van der Waals surface area (Å²) in [6.07, 6.45) is 3.98. The van der Waals surface area contributed by atoms with Crippen molar-refractivity contribution < 1.29 is 19.2 Å². The Morgan fingerprint density at radius 1 is 1.18 bits per heavy atom. The second-order valence-corrected chi connectivity index (χ2v) is 14.0. The van der Waals surface area contributed by atoms with E-state index in [2.05, 4.69) is 41.2 Å². The lowest BCUT2D eigenvalue weighted by Crippen LogP contribution is -2.61. The van der Waals surface area contributed by atoms with Crippen molar-refractivity contribution in [3.8, 4) is 6.07 Å². The van der Waals surface area contributed by atoms with Gasteiger partial charge in [-0.15, -0.1) is 0 Å². The van der Waals surface area contributed by atoms with Gasteiger partial charge in [0.25, 0.3) is 0 Å². The van der Waals surface area contributed by atoms with Crippen molar-refractivity contribution in [1.82, 2.24) is 26.2 Å². The highest BCUT2D eigenvalue weighted by Crippen LogP contribution is 2.65. The highest BCUT2D eigenvalue weighted by Gasteiger charge is 2.70. The van der Waals surface area contributed by atoms with Crippen LogP contribution in [0.15, 0.2) is 0 Å². The van der Waals surface area contributed by atoms with Crippen LogP contribution in [0.25, 0.3) is 0 Å². The lowest BCUT2D eigenvalue weighted by molar-refractivity contribution is -0.146. The molecule has 3 heterocycles. The van der Waals surface area contributed by atoms with E-state index in [9.17, 15) is 24.4 Å². The SMILES string of the molecule is CC(C)(C)[C@H](NC(=O)C1CC2(CC2)CN1)C(=O)N1C[C@H]2[C@@H]([C@H]1C(=O)N[C@H](C#N)C[C@@H]1CCNC1=O)C2(C)C. The van der Waals surface area contributed by atoms with E-state index in [4.69, 9.17) is 0 Å². The molecule has 5 rings (SSSR count).